The maximum atomic E-state index is 12.7. The number of halogens is 3. The molecule has 0 atom stereocenters. The van der Waals surface area contributed by atoms with Crippen LogP contribution in [0.3, 0.4) is 0 Å². The Balaban J connectivity index is 1.45. The maximum Gasteiger partial charge on any atom is 0.416 e. The number of carbonyl (C=O) groups is 2. The molecule has 0 unspecified atom stereocenters. The van der Waals surface area contributed by atoms with Gasteiger partial charge in [-0.25, -0.2) is 0 Å². The van der Waals surface area contributed by atoms with Crippen LogP contribution in [-0.4, -0.2) is 46.2 Å². The normalized spacial score (nSPS) is 15.1. The number of anilines is 1. The Morgan fingerprint density at radius 1 is 1.27 bits per heavy atom. The number of likely N-dealkylation sites (tertiary alicyclic amines) is 1. The number of aromatic nitrogens is 2. The molecule has 10 heteroatoms. The molecule has 1 aromatic carbocycles. The second-order valence-corrected chi connectivity index (χ2v) is 7.04. The highest BCUT2D eigenvalue weighted by Crippen LogP contribution is 2.31. The van der Waals surface area contributed by atoms with Gasteiger partial charge in [0.05, 0.1) is 17.4 Å². The largest absolute Gasteiger partial charge is 0.484 e. The smallest absolute Gasteiger partial charge is 0.416 e. The molecular weight excluding hydrogens is 401 g/mol. The van der Waals surface area contributed by atoms with E-state index in [-0.39, 0.29) is 30.1 Å². The summed E-state index contributed by atoms with van der Waals surface area (Å²) < 4.78 is 45.2. The predicted molar refractivity (Wildman–Crippen MR) is 103 cm³/mol. The number of carbonyl (C=O) groups excluding carboxylic acids is 2. The Morgan fingerprint density at radius 3 is 2.63 bits per heavy atom. The summed E-state index contributed by atoms with van der Waals surface area (Å²) in [5, 5.41) is 6.94. The summed E-state index contributed by atoms with van der Waals surface area (Å²) in [6.07, 6.45) is -0.125. The van der Waals surface area contributed by atoms with E-state index < -0.39 is 11.7 Å². The summed E-state index contributed by atoms with van der Waals surface area (Å²) in [6, 6.07) is 4.42. The van der Waals surface area contributed by atoms with E-state index in [0.717, 1.165) is 12.1 Å². The number of nitrogens with one attached hydrogen (secondary N) is 1. The van der Waals surface area contributed by atoms with Gasteiger partial charge in [-0.2, -0.15) is 18.3 Å². The third kappa shape index (κ3) is 5.52. The molecule has 1 aromatic heterocycles. The van der Waals surface area contributed by atoms with E-state index >= 15 is 0 Å². The van der Waals surface area contributed by atoms with Crippen molar-refractivity contribution in [3.63, 3.8) is 0 Å². The summed E-state index contributed by atoms with van der Waals surface area (Å²) in [4.78, 5) is 26.3. The first kappa shape index (κ1) is 21.7. The van der Waals surface area contributed by atoms with Crippen molar-refractivity contribution >= 4 is 17.5 Å². The van der Waals surface area contributed by atoms with Crippen LogP contribution in [0.1, 0.15) is 25.3 Å². The number of aryl methyl sites for hydroxylation is 1. The van der Waals surface area contributed by atoms with Crippen LogP contribution in [0.15, 0.2) is 36.7 Å². The first-order valence-corrected chi connectivity index (χ1v) is 9.67. The fraction of sp³-hybridized carbons (Fsp3) is 0.450. The quantitative estimate of drug-likeness (QED) is 0.773. The number of nitrogens with zero attached hydrogens (tertiary/aromatic N) is 3. The molecule has 30 heavy (non-hydrogen) atoms. The standard InChI is InChI=1S/C20H23F3N4O3/c1-2-27-12-16(11-24-27)25-19(29)14-6-8-26(9-7-14)18(28)13-30-17-5-3-4-15(10-17)20(21,22)23/h3-5,10-12,14H,2,6-9,13H2,1H3,(H,25,29). The van der Waals surface area contributed by atoms with Crippen molar-refractivity contribution in [3.05, 3.63) is 42.2 Å². The second kappa shape index (κ2) is 9.19. The molecular formula is C20H23F3N4O3. The van der Waals surface area contributed by atoms with Gasteiger partial charge in [0.2, 0.25) is 5.91 Å². The van der Waals surface area contributed by atoms with Crippen LogP contribution >= 0.6 is 0 Å². The average Bonchev–Trinajstić information content (AvgIpc) is 3.19. The lowest BCUT2D eigenvalue weighted by molar-refractivity contribution is -0.137. The highest BCUT2D eigenvalue weighted by atomic mass is 19.4. The highest BCUT2D eigenvalue weighted by molar-refractivity contribution is 5.92. The van der Waals surface area contributed by atoms with Crippen LogP contribution in [0.2, 0.25) is 0 Å². The maximum absolute atomic E-state index is 12.7. The van der Waals surface area contributed by atoms with Gasteiger partial charge in [0.25, 0.3) is 5.91 Å². The lowest BCUT2D eigenvalue weighted by Crippen LogP contribution is -2.43. The first-order valence-electron chi connectivity index (χ1n) is 9.67. The number of piperidine rings is 1. The van der Waals surface area contributed by atoms with Crippen molar-refractivity contribution in [2.75, 3.05) is 25.0 Å². The third-order valence-electron chi connectivity index (χ3n) is 4.97. The Hall–Kier alpha value is -3.04. The molecule has 1 aliphatic heterocycles. The van der Waals surface area contributed by atoms with Crippen molar-refractivity contribution in [1.29, 1.82) is 0 Å². The Kier molecular flexibility index (Phi) is 6.63. The minimum Gasteiger partial charge on any atom is -0.484 e. The molecule has 1 saturated heterocycles. The van der Waals surface area contributed by atoms with E-state index in [2.05, 4.69) is 10.4 Å². The van der Waals surface area contributed by atoms with E-state index in [0.29, 0.717) is 38.2 Å². The van der Waals surface area contributed by atoms with Crippen molar-refractivity contribution < 1.29 is 27.5 Å². The minimum absolute atomic E-state index is 0.0138. The molecule has 0 radical (unpaired) electrons. The van der Waals surface area contributed by atoms with Crippen LogP contribution in [0, 0.1) is 5.92 Å². The van der Waals surface area contributed by atoms with Gasteiger partial charge in [-0.3, -0.25) is 14.3 Å². The lowest BCUT2D eigenvalue weighted by Gasteiger charge is -2.31. The fourth-order valence-corrected chi connectivity index (χ4v) is 3.24. The summed E-state index contributed by atoms with van der Waals surface area (Å²) in [6.45, 7) is 3.07. The summed E-state index contributed by atoms with van der Waals surface area (Å²) in [5.41, 5.74) is -0.196. The van der Waals surface area contributed by atoms with Gasteiger partial charge in [-0.1, -0.05) is 6.07 Å². The van der Waals surface area contributed by atoms with Crippen LogP contribution in [-0.2, 0) is 22.3 Å². The number of ether oxygens (including phenoxy) is 1. The molecule has 0 saturated carbocycles. The van der Waals surface area contributed by atoms with E-state index in [9.17, 15) is 22.8 Å². The molecule has 1 fully saturated rings. The van der Waals surface area contributed by atoms with Gasteiger partial charge in [0.1, 0.15) is 5.75 Å². The number of hydrogen-bond donors (Lipinski definition) is 1. The highest BCUT2D eigenvalue weighted by Gasteiger charge is 2.31. The lowest BCUT2D eigenvalue weighted by atomic mass is 9.96. The summed E-state index contributed by atoms with van der Waals surface area (Å²) in [7, 11) is 0. The molecule has 2 heterocycles. The minimum atomic E-state index is -4.47. The number of hydrogen-bond acceptors (Lipinski definition) is 4. The van der Waals surface area contributed by atoms with Gasteiger partial charge >= 0.3 is 6.18 Å². The van der Waals surface area contributed by atoms with Gasteiger partial charge < -0.3 is 15.0 Å². The Labute approximate surface area is 171 Å². The number of amides is 2. The molecule has 7 nitrogen and oxygen atoms in total. The van der Waals surface area contributed by atoms with Crippen LogP contribution in [0.25, 0.3) is 0 Å². The number of benzene rings is 1. The Bertz CT molecular complexity index is 889. The molecule has 1 aliphatic rings. The molecule has 3 rings (SSSR count). The zero-order valence-electron chi connectivity index (χ0n) is 16.5. The topological polar surface area (TPSA) is 76.5 Å². The van der Waals surface area contributed by atoms with Crippen LogP contribution < -0.4 is 10.1 Å². The third-order valence-corrected chi connectivity index (χ3v) is 4.97. The number of alkyl halides is 3. The van der Waals surface area contributed by atoms with E-state index in [4.69, 9.17) is 4.74 Å². The van der Waals surface area contributed by atoms with Crippen molar-refractivity contribution in [2.24, 2.45) is 5.92 Å². The predicted octanol–water partition coefficient (Wildman–Crippen LogP) is 3.18. The molecule has 0 spiro atoms. The van der Waals surface area contributed by atoms with Crippen molar-refractivity contribution in [3.8, 4) is 5.75 Å². The second-order valence-electron chi connectivity index (χ2n) is 7.04. The summed E-state index contributed by atoms with van der Waals surface area (Å²) >= 11 is 0. The van der Waals surface area contributed by atoms with E-state index in [1.165, 1.54) is 12.1 Å². The van der Waals surface area contributed by atoms with Gasteiger partial charge in [0, 0.05) is 31.7 Å². The SMILES string of the molecule is CCn1cc(NC(=O)C2CCN(C(=O)COc3cccc(C(F)(F)F)c3)CC2)cn1. The van der Waals surface area contributed by atoms with Crippen LogP contribution in [0.4, 0.5) is 18.9 Å². The summed E-state index contributed by atoms with van der Waals surface area (Å²) in [5.74, 6) is -0.670. The van der Waals surface area contributed by atoms with E-state index in [1.54, 1.807) is 22.0 Å². The molecule has 1 N–H and O–H groups in total. The van der Waals surface area contributed by atoms with Crippen LogP contribution in [0.5, 0.6) is 5.75 Å². The molecule has 162 valence electrons. The molecule has 2 aromatic rings. The van der Waals surface area contributed by atoms with Gasteiger partial charge in [-0.15, -0.1) is 0 Å². The first-order chi connectivity index (χ1) is 14.3. The average molecular weight is 424 g/mol. The molecule has 0 bridgehead atoms. The zero-order chi connectivity index (χ0) is 21.7. The van der Waals surface area contributed by atoms with E-state index in [1.807, 2.05) is 6.92 Å². The zero-order valence-corrected chi connectivity index (χ0v) is 16.5. The Morgan fingerprint density at radius 2 is 2.00 bits per heavy atom. The fourth-order valence-electron chi connectivity index (χ4n) is 3.24. The monoisotopic (exact) mass is 424 g/mol. The number of rotatable bonds is 6. The van der Waals surface area contributed by atoms with Crippen molar-refractivity contribution in [2.45, 2.75) is 32.5 Å². The molecule has 2 amide bonds. The van der Waals surface area contributed by atoms with Gasteiger partial charge in [0.15, 0.2) is 6.61 Å². The van der Waals surface area contributed by atoms with Gasteiger partial charge in [-0.05, 0) is 38.0 Å². The van der Waals surface area contributed by atoms with Crippen molar-refractivity contribution in [1.82, 2.24) is 14.7 Å². The molecule has 0 aliphatic carbocycles.